The van der Waals surface area contributed by atoms with Crippen LogP contribution in [0.25, 0.3) is 0 Å². The number of aromatic nitrogens is 2. The standard InChI is InChI=1S/C10H11N3O3S2/c14-7-5-8-3-4-10(17-8)18(15,16)13-9-2-1-6-11-12-9/h1-4,6,14H,5,7H2,(H,12,13). The molecule has 0 unspecified atom stereocenters. The molecule has 2 N–H and O–H groups in total. The third-order valence-corrected chi connectivity index (χ3v) is 5.06. The van der Waals surface area contributed by atoms with Gasteiger partial charge in [-0.3, -0.25) is 4.72 Å². The Hall–Kier alpha value is -1.51. The van der Waals surface area contributed by atoms with Crippen molar-refractivity contribution in [2.24, 2.45) is 0 Å². The number of nitrogens with one attached hydrogen (secondary N) is 1. The van der Waals surface area contributed by atoms with Crippen LogP contribution in [0.1, 0.15) is 4.88 Å². The van der Waals surface area contributed by atoms with Crippen molar-refractivity contribution in [2.45, 2.75) is 10.6 Å². The first-order valence-electron chi connectivity index (χ1n) is 5.12. The van der Waals surface area contributed by atoms with Crippen LogP contribution in [0.15, 0.2) is 34.7 Å². The molecular formula is C10H11N3O3S2. The molecule has 0 aliphatic rings. The molecule has 0 aromatic carbocycles. The number of sulfonamides is 1. The van der Waals surface area contributed by atoms with Crippen molar-refractivity contribution < 1.29 is 13.5 Å². The lowest BCUT2D eigenvalue weighted by Gasteiger charge is -2.03. The fraction of sp³-hybridized carbons (Fsp3) is 0.200. The van der Waals surface area contributed by atoms with Crippen LogP contribution in [0.3, 0.4) is 0 Å². The molecule has 0 aliphatic carbocycles. The average molecular weight is 285 g/mol. The largest absolute Gasteiger partial charge is 0.396 e. The Morgan fingerprint density at radius 3 is 2.83 bits per heavy atom. The van der Waals surface area contributed by atoms with Gasteiger partial charge in [0.25, 0.3) is 10.0 Å². The third-order valence-electron chi connectivity index (χ3n) is 2.07. The second kappa shape index (κ2) is 5.42. The minimum atomic E-state index is -3.63. The second-order valence-electron chi connectivity index (χ2n) is 3.41. The number of nitrogens with zero attached hydrogens (tertiary/aromatic N) is 2. The molecule has 0 saturated carbocycles. The first-order chi connectivity index (χ1) is 8.62. The Morgan fingerprint density at radius 1 is 1.33 bits per heavy atom. The monoisotopic (exact) mass is 285 g/mol. The molecule has 0 fully saturated rings. The SMILES string of the molecule is O=S(=O)(Nc1cccnn1)c1ccc(CCO)s1. The van der Waals surface area contributed by atoms with Gasteiger partial charge < -0.3 is 5.11 Å². The molecular weight excluding hydrogens is 274 g/mol. The average Bonchev–Trinajstić information content (AvgIpc) is 2.80. The Labute approximate surface area is 108 Å². The number of thiophene rings is 1. The number of hydrogen-bond acceptors (Lipinski definition) is 6. The molecule has 8 heteroatoms. The molecule has 0 aliphatic heterocycles. The van der Waals surface area contributed by atoms with Crippen LogP contribution in [0, 0.1) is 0 Å². The van der Waals surface area contributed by atoms with Crippen molar-refractivity contribution >= 4 is 27.2 Å². The van der Waals surface area contributed by atoms with Crippen molar-refractivity contribution in [3.63, 3.8) is 0 Å². The van der Waals surface area contributed by atoms with Gasteiger partial charge in [0.1, 0.15) is 4.21 Å². The summed E-state index contributed by atoms with van der Waals surface area (Å²) in [7, 11) is -3.63. The summed E-state index contributed by atoms with van der Waals surface area (Å²) in [4.78, 5) is 0.817. The van der Waals surface area contributed by atoms with E-state index < -0.39 is 10.0 Å². The molecule has 18 heavy (non-hydrogen) atoms. The van der Waals surface area contributed by atoms with Crippen LogP contribution < -0.4 is 4.72 Å². The Morgan fingerprint density at radius 2 is 2.17 bits per heavy atom. The van der Waals surface area contributed by atoms with E-state index in [0.29, 0.717) is 6.42 Å². The van der Waals surface area contributed by atoms with Crippen LogP contribution >= 0.6 is 11.3 Å². The van der Waals surface area contributed by atoms with Gasteiger partial charge in [0.15, 0.2) is 5.82 Å². The lowest BCUT2D eigenvalue weighted by Crippen LogP contribution is -2.12. The van der Waals surface area contributed by atoms with Crippen molar-refractivity contribution in [2.75, 3.05) is 11.3 Å². The van der Waals surface area contributed by atoms with Gasteiger partial charge in [-0.05, 0) is 24.3 Å². The Kier molecular flexibility index (Phi) is 3.90. The first kappa shape index (κ1) is 12.9. The lowest BCUT2D eigenvalue weighted by atomic mass is 10.4. The summed E-state index contributed by atoms with van der Waals surface area (Å²) >= 11 is 1.12. The maximum atomic E-state index is 12.0. The van der Waals surface area contributed by atoms with Gasteiger partial charge in [-0.25, -0.2) is 8.42 Å². The number of anilines is 1. The topological polar surface area (TPSA) is 92.2 Å². The fourth-order valence-electron chi connectivity index (χ4n) is 1.29. The number of hydrogen-bond donors (Lipinski definition) is 2. The van der Waals surface area contributed by atoms with E-state index in [1.165, 1.54) is 18.3 Å². The minimum absolute atomic E-state index is 0.00239. The van der Waals surface area contributed by atoms with Crippen molar-refractivity contribution in [3.05, 3.63) is 35.3 Å². The van der Waals surface area contributed by atoms with E-state index in [1.54, 1.807) is 12.1 Å². The van der Waals surface area contributed by atoms with Gasteiger partial charge in [0, 0.05) is 24.1 Å². The fourth-order valence-corrected chi connectivity index (χ4v) is 3.63. The second-order valence-corrected chi connectivity index (χ2v) is 6.49. The molecule has 6 nitrogen and oxygen atoms in total. The third kappa shape index (κ3) is 3.03. The molecule has 0 radical (unpaired) electrons. The van der Waals surface area contributed by atoms with Gasteiger partial charge in [-0.1, -0.05) is 0 Å². The van der Waals surface area contributed by atoms with Gasteiger partial charge >= 0.3 is 0 Å². The van der Waals surface area contributed by atoms with Gasteiger partial charge in [0.2, 0.25) is 0 Å². The van der Waals surface area contributed by atoms with Crippen LogP contribution in [0.5, 0.6) is 0 Å². The Balaban J connectivity index is 2.20. The first-order valence-corrected chi connectivity index (χ1v) is 7.42. The molecule has 0 saturated heterocycles. The highest BCUT2D eigenvalue weighted by atomic mass is 32.2. The van der Waals surface area contributed by atoms with Crippen LogP contribution in [-0.4, -0.2) is 30.3 Å². The number of rotatable bonds is 5. The van der Waals surface area contributed by atoms with Crippen LogP contribution in [0.4, 0.5) is 5.82 Å². The molecule has 2 heterocycles. The number of aliphatic hydroxyl groups is 1. The predicted molar refractivity (Wildman–Crippen MR) is 67.9 cm³/mol. The summed E-state index contributed by atoms with van der Waals surface area (Å²) in [6.45, 7) is -0.00239. The van der Waals surface area contributed by atoms with E-state index in [9.17, 15) is 8.42 Å². The molecule has 2 rings (SSSR count). The maximum absolute atomic E-state index is 12.0. The maximum Gasteiger partial charge on any atom is 0.272 e. The molecule has 0 atom stereocenters. The molecule has 0 amide bonds. The van der Waals surface area contributed by atoms with E-state index >= 15 is 0 Å². The highest BCUT2D eigenvalue weighted by Gasteiger charge is 2.17. The zero-order valence-corrected chi connectivity index (χ0v) is 10.9. The Bertz CT molecular complexity index is 610. The quantitative estimate of drug-likeness (QED) is 0.850. The normalized spacial score (nSPS) is 11.4. The summed E-state index contributed by atoms with van der Waals surface area (Å²) < 4.78 is 26.5. The van der Waals surface area contributed by atoms with Crippen LogP contribution in [-0.2, 0) is 16.4 Å². The van der Waals surface area contributed by atoms with E-state index in [2.05, 4.69) is 14.9 Å². The highest BCUT2D eigenvalue weighted by molar-refractivity contribution is 7.94. The van der Waals surface area contributed by atoms with E-state index in [-0.39, 0.29) is 16.6 Å². The lowest BCUT2D eigenvalue weighted by molar-refractivity contribution is 0.300. The summed E-state index contributed by atoms with van der Waals surface area (Å²) in [5.74, 6) is 0.176. The predicted octanol–water partition coefficient (Wildman–Crippen LogP) is 0.874. The van der Waals surface area contributed by atoms with Crippen LogP contribution in [0.2, 0.25) is 0 Å². The summed E-state index contributed by atoms with van der Waals surface area (Å²) in [6.07, 6.45) is 1.91. The van der Waals surface area contributed by atoms with Crippen molar-refractivity contribution in [1.29, 1.82) is 0 Å². The van der Waals surface area contributed by atoms with E-state index in [1.807, 2.05) is 0 Å². The van der Waals surface area contributed by atoms with Gasteiger partial charge in [0.05, 0.1) is 0 Å². The summed E-state index contributed by atoms with van der Waals surface area (Å²) in [5.41, 5.74) is 0. The molecule has 2 aromatic heterocycles. The zero-order valence-electron chi connectivity index (χ0n) is 9.28. The minimum Gasteiger partial charge on any atom is -0.396 e. The van der Waals surface area contributed by atoms with Crippen molar-refractivity contribution in [1.82, 2.24) is 10.2 Å². The molecule has 0 bridgehead atoms. The van der Waals surface area contributed by atoms with Gasteiger partial charge in [-0.2, -0.15) is 5.10 Å². The summed E-state index contributed by atoms with van der Waals surface area (Å²) in [5, 5.41) is 16.0. The molecule has 96 valence electrons. The zero-order chi connectivity index (χ0) is 13.0. The number of aliphatic hydroxyl groups excluding tert-OH is 1. The highest BCUT2D eigenvalue weighted by Crippen LogP contribution is 2.23. The van der Waals surface area contributed by atoms with E-state index in [0.717, 1.165) is 16.2 Å². The molecule has 0 spiro atoms. The van der Waals surface area contributed by atoms with E-state index in [4.69, 9.17) is 5.11 Å². The molecule has 2 aromatic rings. The van der Waals surface area contributed by atoms with Crippen molar-refractivity contribution in [3.8, 4) is 0 Å². The smallest absolute Gasteiger partial charge is 0.272 e. The summed E-state index contributed by atoms with van der Waals surface area (Å²) in [6, 6.07) is 6.31. The van der Waals surface area contributed by atoms with Gasteiger partial charge in [-0.15, -0.1) is 16.4 Å².